The van der Waals surface area contributed by atoms with E-state index in [4.69, 9.17) is 4.74 Å². The number of thiophene rings is 1. The molecule has 0 aliphatic carbocycles. The molecule has 0 bridgehead atoms. The molecule has 2 heterocycles. The average molecular weight is 404 g/mol. The fourth-order valence-corrected chi connectivity index (χ4v) is 3.98. The summed E-state index contributed by atoms with van der Waals surface area (Å²) in [5.41, 5.74) is 0.0845. The summed E-state index contributed by atoms with van der Waals surface area (Å²) < 4.78 is 19.0. The van der Waals surface area contributed by atoms with Crippen LogP contribution in [0.15, 0.2) is 41.3 Å². The second-order valence-corrected chi connectivity index (χ2v) is 7.64. The third-order valence-corrected chi connectivity index (χ3v) is 5.49. The summed E-state index contributed by atoms with van der Waals surface area (Å²) in [5, 5.41) is 12.7. The van der Waals surface area contributed by atoms with Crippen molar-refractivity contribution >= 4 is 28.8 Å². The number of hydrogen-bond donors (Lipinski definition) is 1. The molecule has 0 radical (unpaired) electrons. The van der Waals surface area contributed by atoms with Gasteiger partial charge in [-0.1, -0.05) is 6.07 Å². The lowest BCUT2D eigenvalue weighted by molar-refractivity contribution is -0.140. The highest BCUT2D eigenvalue weighted by molar-refractivity contribution is 7.10. The Labute approximate surface area is 166 Å². The summed E-state index contributed by atoms with van der Waals surface area (Å²) in [6, 6.07) is 6.84. The van der Waals surface area contributed by atoms with Crippen LogP contribution in [-0.2, 0) is 9.59 Å². The van der Waals surface area contributed by atoms with E-state index in [2.05, 4.69) is 0 Å². The summed E-state index contributed by atoms with van der Waals surface area (Å²) in [6.07, 6.45) is 0. The first-order chi connectivity index (χ1) is 13.3. The van der Waals surface area contributed by atoms with Gasteiger partial charge in [-0.05, 0) is 43.7 Å². The number of amides is 1. The number of likely N-dealkylation sites (tertiary alicyclic amines) is 1. The molecule has 1 unspecified atom stereocenters. The van der Waals surface area contributed by atoms with Gasteiger partial charge in [0.25, 0.3) is 11.7 Å². The van der Waals surface area contributed by atoms with Gasteiger partial charge in [-0.2, -0.15) is 0 Å². The Morgan fingerprint density at radius 2 is 2.07 bits per heavy atom. The fraction of sp³-hybridized carbons (Fsp3) is 0.300. The number of benzene rings is 1. The van der Waals surface area contributed by atoms with Crippen LogP contribution >= 0.6 is 11.3 Å². The number of aliphatic hydroxyl groups is 1. The molecule has 28 heavy (non-hydrogen) atoms. The summed E-state index contributed by atoms with van der Waals surface area (Å²) in [6.45, 7) is 0.889. The predicted molar refractivity (Wildman–Crippen MR) is 105 cm³/mol. The predicted octanol–water partition coefficient (Wildman–Crippen LogP) is 2.88. The van der Waals surface area contributed by atoms with E-state index in [1.165, 1.54) is 35.5 Å². The van der Waals surface area contributed by atoms with E-state index in [1.807, 2.05) is 36.5 Å². The van der Waals surface area contributed by atoms with E-state index in [0.717, 1.165) is 10.9 Å². The van der Waals surface area contributed by atoms with Crippen molar-refractivity contribution in [3.8, 4) is 5.75 Å². The molecule has 6 nitrogen and oxygen atoms in total. The first-order valence-electron chi connectivity index (χ1n) is 8.65. The minimum absolute atomic E-state index is 0.0257. The number of likely N-dealkylation sites (N-methyl/N-ethyl adjacent to an activating group) is 1. The molecule has 8 heteroatoms. The van der Waals surface area contributed by atoms with Crippen molar-refractivity contribution in [1.82, 2.24) is 9.80 Å². The number of aliphatic hydroxyl groups excluding tert-OH is 1. The highest BCUT2D eigenvalue weighted by atomic mass is 32.1. The van der Waals surface area contributed by atoms with Crippen molar-refractivity contribution in [2.75, 3.05) is 34.3 Å². The Hall–Kier alpha value is -2.71. The molecule has 1 amide bonds. The quantitative estimate of drug-likeness (QED) is 0.456. The van der Waals surface area contributed by atoms with Gasteiger partial charge in [-0.25, -0.2) is 4.39 Å². The molecular weight excluding hydrogens is 383 g/mol. The molecule has 2 aromatic rings. The second-order valence-electron chi connectivity index (χ2n) is 6.66. The van der Waals surface area contributed by atoms with Gasteiger partial charge in [0.05, 0.1) is 18.7 Å². The van der Waals surface area contributed by atoms with Gasteiger partial charge in [0.15, 0.2) is 11.6 Å². The van der Waals surface area contributed by atoms with Gasteiger partial charge in [0.2, 0.25) is 0 Å². The first-order valence-corrected chi connectivity index (χ1v) is 9.53. The third-order valence-electron chi connectivity index (χ3n) is 4.57. The number of carbonyl (C=O) groups is 2. The van der Waals surface area contributed by atoms with Crippen LogP contribution in [0.1, 0.15) is 16.5 Å². The normalized spacial score (nSPS) is 18.9. The molecule has 0 saturated carbocycles. The maximum absolute atomic E-state index is 14.1. The SMILES string of the molecule is COc1ccc(/C(O)=C2\C(=O)C(=O)N(CCN(C)C)C2c2cccs2)cc1F. The van der Waals surface area contributed by atoms with Crippen LogP contribution in [0.3, 0.4) is 0 Å². The summed E-state index contributed by atoms with van der Waals surface area (Å²) >= 11 is 1.39. The molecule has 3 rings (SSSR count). The number of halogens is 1. The average Bonchev–Trinajstić information content (AvgIpc) is 3.27. The van der Waals surface area contributed by atoms with Gasteiger partial charge < -0.3 is 19.6 Å². The van der Waals surface area contributed by atoms with Crippen molar-refractivity contribution in [2.24, 2.45) is 0 Å². The summed E-state index contributed by atoms with van der Waals surface area (Å²) in [5.74, 6) is -2.48. The Kier molecular flexibility index (Phi) is 5.81. The number of ether oxygens (including phenoxy) is 1. The molecular formula is C20H21FN2O4S. The molecule has 148 valence electrons. The van der Waals surface area contributed by atoms with Gasteiger partial charge in [0, 0.05) is 23.5 Å². The van der Waals surface area contributed by atoms with Crippen LogP contribution in [0.5, 0.6) is 5.75 Å². The largest absolute Gasteiger partial charge is 0.507 e. The Balaban J connectivity index is 2.10. The van der Waals surface area contributed by atoms with Crippen LogP contribution in [-0.4, -0.2) is 60.9 Å². The zero-order valence-corrected chi connectivity index (χ0v) is 16.6. The highest BCUT2D eigenvalue weighted by Gasteiger charge is 2.46. The summed E-state index contributed by atoms with van der Waals surface area (Å²) in [4.78, 5) is 29.5. The molecule has 1 aliphatic heterocycles. The number of Topliss-reactive ketones (excluding diaryl/α,β-unsaturated/α-hetero) is 1. The van der Waals surface area contributed by atoms with Crippen molar-refractivity contribution in [3.63, 3.8) is 0 Å². The van der Waals surface area contributed by atoms with Crippen molar-refractivity contribution < 1.29 is 23.8 Å². The number of carbonyl (C=O) groups excluding carboxylic acids is 2. The zero-order valence-electron chi connectivity index (χ0n) is 15.8. The maximum atomic E-state index is 14.1. The van der Waals surface area contributed by atoms with Crippen LogP contribution in [0.2, 0.25) is 0 Å². The molecule has 1 aromatic heterocycles. The van der Waals surface area contributed by atoms with Crippen LogP contribution < -0.4 is 4.74 Å². The van der Waals surface area contributed by atoms with Crippen molar-refractivity contribution in [3.05, 3.63) is 57.5 Å². The second kappa shape index (κ2) is 8.12. The minimum atomic E-state index is -0.772. The van der Waals surface area contributed by atoms with Crippen LogP contribution in [0.4, 0.5) is 4.39 Å². The highest BCUT2D eigenvalue weighted by Crippen LogP contribution is 2.41. The van der Waals surface area contributed by atoms with Crippen molar-refractivity contribution in [2.45, 2.75) is 6.04 Å². The Morgan fingerprint density at radius 1 is 1.32 bits per heavy atom. The molecule has 1 atom stereocenters. The van der Waals surface area contributed by atoms with E-state index < -0.39 is 29.3 Å². The zero-order chi connectivity index (χ0) is 20.4. The Bertz CT molecular complexity index is 924. The maximum Gasteiger partial charge on any atom is 0.295 e. The van der Waals surface area contributed by atoms with Gasteiger partial charge in [-0.15, -0.1) is 11.3 Å². The van der Waals surface area contributed by atoms with Crippen LogP contribution in [0, 0.1) is 5.82 Å². The molecule has 0 spiro atoms. The van der Waals surface area contributed by atoms with Gasteiger partial charge in [0.1, 0.15) is 5.76 Å². The summed E-state index contributed by atoms with van der Waals surface area (Å²) in [7, 11) is 5.08. The third kappa shape index (κ3) is 3.65. The van der Waals surface area contributed by atoms with E-state index in [1.54, 1.807) is 0 Å². The smallest absolute Gasteiger partial charge is 0.295 e. The number of ketones is 1. The van der Waals surface area contributed by atoms with E-state index in [-0.39, 0.29) is 16.9 Å². The minimum Gasteiger partial charge on any atom is -0.507 e. The van der Waals surface area contributed by atoms with E-state index in [9.17, 15) is 19.1 Å². The number of hydrogen-bond acceptors (Lipinski definition) is 6. The molecule has 1 aliphatic rings. The van der Waals surface area contributed by atoms with E-state index >= 15 is 0 Å². The number of methoxy groups -OCH3 is 1. The fourth-order valence-electron chi connectivity index (χ4n) is 3.13. The molecule has 1 fully saturated rings. The molecule has 1 aromatic carbocycles. The lowest BCUT2D eigenvalue weighted by Crippen LogP contribution is -2.35. The van der Waals surface area contributed by atoms with Gasteiger partial charge >= 0.3 is 0 Å². The van der Waals surface area contributed by atoms with E-state index in [0.29, 0.717) is 13.1 Å². The lowest BCUT2D eigenvalue weighted by Gasteiger charge is -2.25. The van der Waals surface area contributed by atoms with Crippen molar-refractivity contribution in [1.29, 1.82) is 0 Å². The lowest BCUT2D eigenvalue weighted by atomic mass is 9.99. The monoisotopic (exact) mass is 404 g/mol. The topological polar surface area (TPSA) is 70.1 Å². The van der Waals surface area contributed by atoms with Crippen LogP contribution in [0.25, 0.3) is 5.76 Å². The first kappa shape index (κ1) is 20.0. The number of rotatable bonds is 6. The standard InChI is InChI=1S/C20H21FN2O4S/c1-22(2)8-9-23-17(15-5-4-10-28-15)16(19(25)20(23)26)18(24)12-6-7-14(27-3)13(21)11-12/h4-7,10-11,17,24H,8-9H2,1-3H3/b18-16+. The molecule has 1 N–H and O–H groups in total. The molecule has 1 saturated heterocycles. The Morgan fingerprint density at radius 3 is 2.64 bits per heavy atom. The number of nitrogens with zero attached hydrogens (tertiary/aromatic N) is 2. The van der Waals surface area contributed by atoms with Gasteiger partial charge in [-0.3, -0.25) is 9.59 Å².